The van der Waals surface area contributed by atoms with Crippen LogP contribution in [0.5, 0.6) is 0 Å². The molecule has 1 unspecified atom stereocenters. The van der Waals surface area contributed by atoms with E-state index in [2.05, 4.69) is 41.2 Å². The van der Waals surface area contributed by atoms with Gasteiger partial charge in [0.2, 0.25) is 0 Å². The SMILES string of the molecule is CC1=CSC(C)N1N1CCN(C)CC1. The maximum Gasteiger partial charge on any atom is 0.0918 e. The fraction of sp³-hybridized carbons (Fsp3) is 0.800. The lowest BCUT2D eigenvalue weighted by atomic mass is 10.3. The summed E-state index contributed by atoms with van der Waals surface area (Å²) in [4.78, 5) is 2.39. The molecule has 4 heteroatoms. The Kier molecular flexibility index (Phi) is 3.04. The van der Waals surface area contributed by atoms with Gasteiger partial charge in [0.15, 0.2) is 0 Å². The molecule has 0 aliphatic carbocycles. The summed E-state index contributed by atoms with van der Waals surface area (Å²) in [5, 5.41) is 7.77. The molecule has 0 radical (unpaired) electrons. The van der Waals surface area contributed by atoms with Gasteiger partial charge in [-0.25, -0.2) is 5.01 Å². The van der Waals surface area contributed by atoms with Crippen LogP contribution in [0.4, 0.5) is 0 Å². The molecule has 0 aromatic heterocycles. The van der Waals surface area contributed by atoms with Crippen molar-refractivity contribution in [2.45, 2.75) is 19.2 Å². The molecule has 2 rings (SSSR count). The minimum absolute atomic E-state index is 0.582. The van der Waals surface area contributed by atoms with Gasteiger partial charge in [-0.05, 0) is 26.3 Å². The van der Waals surface area contributed by atoms with Crippen molar-refractivity contribution in [3.63, 3.8) is 0 Å². The van der Waals surface area contributed by atoms with Crippen molar-refractivity contribution in [2.24, 2.45) is 0 Å². The lowest BCUT2D eigenvalue weighted by molar-refractivity contribution is -0.0280. The van der Waals surface area contributed by atoms with E-state index < -0.39 is 0 Å². The number of piperazine rings is 1. The van der Waals surface area contributed by atoms with Crippen LogP contribution < -0.4 is 0 Å². The molecule has 1 fully saturated rings. The first-order valence-electron chi connectivity index (χ1n) is 5.23. The summed E-state index contributed by atoms with van der Waals surface area (Å²) in [6, 6.07) is 0. The van der Waals surface area contributed by atoms with Crippen LogP contribution in [-0.4, -0.2) is 53.5 Å². The van der Waals surface area contributed by atoms with E-state index in [9.17, 15) is 0 Å². The van der Waals surface area contributed by atoms with Gasteiger partial charge in [0.1, 0.15) is 0 Å². The summed E-state index contributed by atoms with van der Waals surface area (Å²) in [5.41, 5.74) is 1.40. The first-order chi connectivity index (χ1) is 6.68. The standard InChI is InChI=1S/C10H19N3S/c1-9-8-14-10(2)13(9)12-6-4-11(3)5-7-12/h8,10H,4-7H2,1-3H3. The molecule has 14 heavy (non-hydrogen) atoms. The van der Waals surface area contributed by atoms with E-state index >= 15 is 0 Å². The highest BCUT2D eigenvalue weighted by Crippen LogP contribution is 2.31. The van der Waals surface area contributed by atoms with Crippen LogP contribution in [0.15, 0.2) is 11.1 Å². The topological polar surface area (TPSA) is 9.72 Å². The summed E-state index contributed by atoms with van der Waals surface area (Å²) in [6.45, 7) is 9.16. The molecule has 2 aliphatic heterocycles. The van der Waals surface area contributed by atoms with Crippen LogP contribution in [0.2, 0.25) is 0 Å². The third-order valence-corrected chi connectivity index (χ3v) is 4.00. The highest BCUT2D eigenvalue weighted by atomic mass is 32.2. The number of hydrazine groups is 1. The average Bonchev–Trinajstić information content (AvgIpc) is 2.49. The number of nitrogens with zero attached hydrogens (tertiary/aromatic N) is 3. The Hall–Kier alpha value is -0.190. The second kappa shape index (κ2) is 4.13. The van der Waals surface area contributed by atoms with Gasteiger partial charge in [-0.3, -0.25) is 5.01 Å². The van der Waals surface area contributed by atoms with Crippen LogP contribution in [-0.2, 0) is 0 Å². The Labute approximate surface area is 90.7 Å². The zero-order valence-corrected chi connectivity index (χ0v) is 10.0. The highest BCUT2D eigenvalue weighted by Gasteiger charge is 2.27. The Balaban J connectivity index is 1.98. The van der Waals surface area contributed by atoms with E-state index in [4.69, 9.17) is 0 Å². The second-order valence-corrected chi connectivity index (χ2v) is 5.29. The third kappa shape index (κ3) is 1.92. The van der Waals surface area contributed by atoms with Gasteiger partial charge in [-0.15, -0.1) is 11.8 Å². The molecule has 2 heterocycles. The number of allylic oxidation sites excluding steroid dienone is 1. The fourth-order valence-corrected chi connectivity index (χ4v) is 2.98. The quantitative estimate of drug-likeness (QED) is 0.651. The first kappa shape index (κ1) is 10.3. The predicted molar refractivity (Wildman–Crippen MR) is 61.7 cm³/mol. The molecule has 3 nitrogen and oxygen atoms in total. The molecular weight excluding hydrogens is 194 g/mol. The smallest absolute Gasteiger partial charge is 0.0918 e. The van der Waals surface area contributed by atoms with Crippen molar-refractivity contribution in [3.05, 3.63) is 11.1 Å². The van der Waals surface area contributed by atoms with Crippen LogP contribution >= 0.6 is 11.8 Å². The molecule has 0 bridgehead atoms. The zero-order valence-electron chi connectivity index (χ0n) is 9.23. The summed E-state index contributed by atoms with van der Waals surface area (Å²) >= 11 is 1.92. The molecule has 80 valence electrons. The van der Waals surface area contributed by atoms with E-state index in [0.29, 0.717) is 5.37 Å². The first-order valence-corrected chi connectivity index (χ1v) is 6.17. The number of thioether (sulfide) groups is 1. The number of hydrogen-bond donors (Lipinski definition) is 0. The van der Waals surface area contributed by atoms with Gasteiger partial charge in [0, 0.05) is 31.9 Å². The highest BCUT2D eigenvalue weighted by molar-refractivity contribution is 8.02. The summed E-state index contributed by atoms with van der Waals surface area (Å²) in [7, 11) is 2.20. The average molecular weight is 213 g/mol. The molecule has 1 atom stereocenters. The Bertz CT molecular complexity index is 234. The number of hydrogen-bond acceptors (Lipinski definition) is 4. The van der Waals surface area contributed by atoms with Crippen molar-refractivity contribution in [3.8, 4) is 0 Å². The van der Waals surface area contributed by atoms with Gasteiger partial charge >= 0.3 is 0 Å². The van der Waals surface area contributed by atoms with Crippen molar-refractivity contribution >= 4 is 11.8 Å². The minimum atomic E-state index is 0.582. The van der Waals surface area contributed by atoms with Crippen molar-refractivity contribution in [1.82, 2.24) is 14.9 Å². The predicted octanol–water partition coefficient (Wildman–Crippen LogP) is 1.40. The normalized spacial score (nSPS) is 30.9. The van der Waals surface area contributed by atoms with Crippen molar-refractivity contribution in [2.75, 3.05) is 33.2 Å². The van der Waals surface area contributed by atoms with Crippen molar-refractivity contribution in [1.29, 1.82) is 0 Å². The molecule has 0 saturated carbocycles. The van der Waals surface area contributed by atoms with Gasteiger partial charge < -0.3 is 4.90 Å². The van der Waals surface area contributed by atoms with Crippen LogP contribution in [0.1, 0.15) is 13.8 Å². The Morgan fingerprint density at radius 1 is 1.29 bits per heavy atom. The molecule has 0 aromatic carbocycles. The summed E-state index contributed by atoms with van der Waals surface area (Å²) < 4.78 is 0. The van der Waals surface area contributed by atoms with Gasteiger partial charge in [-0.1, -0.05) is 0 Å². The third-order valence-electron chi connectivity index (χ3n) is 2.93. The molecule has 0 spiro atoms. The maximum atomic E-state index is 2.48. The van der Waals surface area contributed by atoms with E-state index in [0.717, 1.165) is 13.1 Å². The van der Waals surface area contributed by atoms with Gasteiger partial charge in [0.05, 0.1) is 5.37 Å². The fourth-order valence-electron chi connectivity index (χ4n) is 2.06. The molecular formula is C10H19N3S. The maximum absolute atomic E-state index is 2.48. The lowest BCUT2D eigenvalue weighted by Crippen LogP contribution is -2.53. The molecule has 0 aromatic rings. The van der Waals surface area contributed by atoms with E-state index in [1.165, 1.54) is 18.8 Å². The monoisotopic (exact) mass is 213 g/mol. The number of rotatable bonds is 1. The number of likely N-dealkylation sites (N-methyl/N-ethyl adjacent to an activating group) is 1. The van der Waals surface area contributed by atoms with E-state index in [-0.39, 0.29) is 0 Å². The second-order valence-electron chi connectivity index (χ2n) is 4.10. The Morgan fingerprint density at radius 2 is 1.93 bits per heavy atom. The van der Waals surface area contributed by atoms with Crippen molar-refractivity contribution < 1.29 is 0 Å². The van der Waals surface area contributed by atoms with Gasteiger partial charge in [-0.2, -0.15) is 0 Å². The molecule has 2 aliphatic rings. The molecule has 1 saturated heterocycles. The van der Waals surface area contributed by atoms with Crippen LogP contribution in [0.3, 0.4) is 0 Å². The molecule has 0 amide bonds. The van der Waals surface area contributed by atoms with E-state index in [1.807, 2.05) is 11.8 Å². The van der Waals surface area contributed by atoms with Gasteiger partial charge in [0.25, 0.3) is 0 Å². The van der Waals surface area contributed by atoms with Crippen LogP contribution in [0.25, 0.3) is 0 Å². The Morgan fingerprint density at radius 3 is 2.43 bits per heavy atom. The minimum Gasteiger partial charge on any atom is -0.304 e. The lowest BCUT2D eigenvalue weighted by Gasteiger charge is -2.41. The molecule has 0 N–H and O–H groups in total. The summed E-state index contributed by atoms with van der Waals surface area (Å²) in [5.74, 6) is 0. The summed E-state index contributed by atoms with van der Waals surface area (Å²) in [6.07, 6.45) is 0. The zero-order chi connectivity index (χ0) is 10.1. The van der Waals surface area contributed by atoms with Crippen LogP contribution in [0, 0.1) is 0 Å². The van der Waals surface area contributed by atoms with E-state index in [1.54, 1.807) is 0 Å². The largest absolute Gasteiger partial charge is 0.304 e.